The highest BCUT2D eigenvalue weighted by molar-refractivity contribution is 5.77. The summed E-state index contributed by atoms with van der Waals surface area (Å²) in [6.45, 7) is 6.68. The molecule has 0 radical (unpaired) electrons. The van der Waals surface area contributed by atoms with Gasteiger partial charge in [-0.3, -0.25) is 0 Å². The fraction of sp³-hybridized carbons (Fsp3) is 0.562. The third-order valence-electron chi connectivity index (χ3n) is 4.27. The van der Waals surface area contributed by atoms with E-state index in [-0.39, 0.29) is 0 Å². The van der Waals surface area contributed by atoms with Gasteiger partial charge in [-0.25, -0.2) is 4.98 Å². The van der Waals surface area contributed by atoms with Gasteiger partial charge >= 0.3 is 0 Å². The van der Waals surface area contributed by atoms with Gasteiger partial charge in [0.1, 0.15) is 5.82 Å². The maximum absolute atomic E-state index is 4.90. The minimum Gasteiger partial charge on any atom is -0.331 e. The number of rotatable bonds is 2. The number of nitrogens with one attached hydrogen (secondary N) is 1. The molecule has 1 N–H and O–H groups in total. The highest BCUT2D eigenvalue weighted by Gasteiger charge is 2.21. The second kappa shape index (κ2) is 4.97. The van der Waals surface area contributed by atoms with E-state index in [1.54, 1.807) is 0 Å². The Hall–Kier alpha value is -1.35. The molecule has 2 heterocycles. The molecule has 1 aromatic heterocycles. The summed E-state index contributed by atoms with van der Waals surface area (Å²) in [5.74, 6) is 2.36. The minimum atomic E-state index is 0.561. The van der Waals surface area contributed by atoms with E-state index in [2.05, 4.69) is 49.0 Å². The van der Waals surface area contributed by atoms with E-state index in [9.17, 15) is 0 Å². The van der Waals surface area contributed by atoms with Crippen LogP contribution in [0.25, 0.3) is 11.0 Å². The monoisotopic (exact) mass is 257 g/mol. The summed E-state index contributed by atoms with van der Waals surface area (Å²) < 4.78 is 2.27. The Morgan fingerprint density at radius 1 is 1.37 bits per heavy atom. The molecule has 3 heteroatoms. The zero-order valence-electron chi connectivity index (χ0n) is 12.1. The number of aromatic nitrogens is 2. The number of fused-ring (bicyclic) bond motifs is 1. The SMILES string of the molecule is CC(C)c1ccc2c(c1)nc(C1CCCNC1)n2C. The molecule has 1 atom stereocenters. The Morgan fingerprint density at radius 2 is 2.21 bits per heavy atom. The molecule has 3 nitrogen and oxygen atoms in total. The maximum Gasteiger partial charge on any atom is 0.114 e. The molecular weight excluding hydrogens is 234 g/mol. The third-order valence-corrected chi connectivity index (χ3v) is 4.27. The lowest BCUT2D eigenvalue weighted by Crippen LogP contribution is -2.29. The van der Waals surface area contributed by atoms with Crippen molar-refractivity contribution in [1.82, 2.24) is 14.9 Å². The van der Waals surface area contributed by atoms with Gasteiger partial charge in [0.05, 0.1) is 11.0 Å². The van der Waals surface area contributed by atoms with Crippen LogP contribution in [-0.2, 0) is 7.05 Å². The molecule has 1 fully saturated rings. The van der Waals surface area contributed by atoms with Crippen LogP contribution in [0.3, 0.4) is 0 Å². The topological polar surface area (TPSA) is 29.9 Å². The fourth-order valence-corrected chi connectivity index (χ4v) is 3.03. The number of aryl methyl sites for hydroxylation is 1. The van der Waals surface area contributed by atoms with Crippen molar-refractivity contribution < 1.29 is 0 Å². The van der Waals surface area contributed by atoms with Gasteiger partial charge in [0.15, 0.2) is 0 Å². The van der Waals surface area contributed by atoms with E-state index in [1.807, 2.05) is 0 Å². The van der Waals surface area contributed by atoms with E-state index in [1.165, 1.54) is 29.7 Å². The first kappa shape index (κ1) is 12.7. The number of hydrogen-bond acceptors (Lipinski definition) is 2. The van der Waals surface area contributed by atoms with E-state index in [0.717, 1.165) is 18.6 Å². The van der Waals surface area contributed by atoms with Gasteiger partial charge in [-0.15, -0.1) is 0 Å². The van der Waals surface area contributed by atoms with Crippen molar-refractivity contribution in [2.24, 2.45) is 7.05 Å². The van der Waals surface area contributed by atoms with Crippen molar-refractivity contribution in [3.05, 3.63) is 29.6 Å². The van der Waals surface area contributed by atoms with Gasteiger partial charge in [0, 0.05) is 19.5 Å². The van der Waals surface area contributed by atoms with Crippen LogP contribution >= 0.6 is 0 Å². The quantitative estimate of drug-likeness (QED) is 0.895. The molecule has 0 bridgehead atoms. The molecular formula is C16H23N3. The van der Waals surface area contributed by atoms with E-state index in [0.29, 0.717) is 11.8 Å². The van der Waals surface area contributed by atoms with Crippen LogP contribution in [0, 0.1) is 0 Å². The Bertz CT molecular complexity index is 577. The molecule has 0 aliphatic carbocycles. The number of nitrogens with zero attached hydrogens (tertiary/aromatic N) is 2. The molecule has 1 aliphatic rings. The van der Waals surface area contributed by atoms with Crippen molar-refractivity contribution in [2.75, 3.05) is 13.1 Å². The first-order valence-electron chi connectivity index (χ1n) is 7.34. The summed E-state index contributed by atoms with van der Waals surface area (Å²) in [6, 6.07) is 6.70. The lowest BCUT2D eigenvalue weighted by Gasteiger charge is -2.22. The van der Waals surface area contributed by atoms with Gasteiger partial charge in [0.2, 0.25) is 0 Å². The molecule has 0 amide bonds. The van der Waals surface area contributed by atoms with Crippen LogP contribution in [0.4, 0.5) is 0 Å². The van der Waals surface area contributed by atoms with Crippen LogP contribution in [0.5, 0.6) is 0 Å². The van der Waals surface area contributed by atoms with Gasteiger partial charge in [-0.05, 0) is 43.0 Å². The van der Waals surface area contributed by atoms with Crippen molar-refractivity contribution in [2.45, 2.75) is 38.5 Å². The molecule has 1 aliphatic heterocycles. The molecule has 0 saturated carbocycles. The second-order valence-electron chi connectivity index (χ2n) is 5.98. The van der Waals surface area contributed by atoms with Crippen LogP contribution in [0.2, 0.25) is 0 Å². The minimum absolute atomic E-state index is 0.561. The Kier molecular flexibility index (Phi) is 3.31. The highest BCUT2D eigenvalue weighted by atomic mass is 15.1. The van der Waals surface area contributed by atoms with Crippen LogP contribution in [-0.4, -0.2) is 22.6 Å². The average Bonchev–Trinajstić information content (AvgIpc) is 2.76. The van der Waals surface area contributed by atoms with Crippen LogP contribution < -0.4 is 5.32 Å². The molecule has 102 valence electrons. The number of piperidine rings is 1. The molecule has 3 rings (SSSR count). The zero-order chi connectivity index (χ0) is 13.4. The first-order chi connectivity index (χ1) is 9.16. The summed E-state index contributed by atoms with van der Waals surface area (Å²) >= 11 is 0. The molecule has 1 unspecified atom stereocenters. The molecule has 1 aromatic carbocycles. The maximum atomic E-state index is 4.90. The van der Waals surface area contributed by atoms with Gasteiger partial charge in [-0.1, -0.05) is 19.9 Å². The molecule has 19 heavy (non-hydrogen) atoms. The molecule has 2 aromatic rings. The van der Waals surface area contributed by atoms with Crippen molar-refractivity contribution in [1.29, 1.82) is 0 Å². The van der Waals surface area contributed by atoms with Gasteiger partial charge in [-0.2, -0.15) is 0 Å². The van der Waals surface area contributed by atoms with E-state index >= 15 is 0 Å². The second-order valence-corrected chi connectivity index (χ2v) is 5.98. The first-order valence-corrected chi connectivity index (χ1v) is 7.34. The zero-order valence-corrected chi connectivity index (χ0v) is 12.1. The molecule has 0 spiro atoms. The van der Waals surface area contributed by atoms with Crippen LogP contribution in [0.1, 0.15) is 49.9 Å². The summed E-state index contributed by atoms with van der Waals surface area (Å²) in [7, 11) is 2.15. The molecule has 1 saturated heterocycles. The largest absolute Gasteiger partial charge is 0.331 e. The standard InChI is InChI=1S/C16H23N3/c1-11(2)12-6-7-15-14(9-12)18-16(19(15)3)13-5-4-8-17-10-13/h6-7,9,11,13,17H,4-5,8,10H2,1-3H3. The lowest BCUT2D eigenvalue weighted by molar-refractivity contribution is 0.440. The van der Waals surface area contributed by atoms with Gasteiger partial charge < -0.3 is 9.88 Å². The summed E-state index contributed by atoms with van der Waals surface area (Å²) in [5.41, 5.74) is 3.78. The normalized spacial score (nSPS) is 20.3. The summed E-state index contributed by atoms with van der Waals surface area (Å²) in [5, 5.41) is 3.48. The Morgan fingerprint density at radius 3 is 2.89 bits per heavy atom. The summed E-state index contributed by atoms with van der Waals surface area (Å²) in [6.07, 6.45) is 2.51. The summed E-state index contributed by atoms with van der Waals surface area (Å²) in [4.78, 5) is 4.90. The smallest absolute Gasteiger partial charge is 0.114 e. The van der Waals surface area contributed by atoms with E-state index < -0.39 is 0 Å². The predicted octanol–water partition coefficient (Wildman–Crippen LogP) is 3.16. The number of imidazole rings is 1. The fourth-order valence-electron chi connectivity index (χ4n) is 3.03. The van der Waals surface area contributed by atoms with Gasteiger partial charge in [0.25, 0.3) is 0 Å². The Labute approximate surface area is 115 Å². The van der Waals surface area contributed by atoms with E-state index in [4.69, 9.17) is 4.98 Å². The number of benzene rings is 1. The highest BCUT2D eigenvalue weighted by Crippen LogP contribution is 2.27. The third kappa shape index (κ3) is 2.27. The number of hydrogen-bond donors (Lipinski definition) is 1. The average molecular weight is 257 g/mol. The van der Waals surface area contributed by atoms with Crippen molar-refractivity contribution in [3.8, 4) is 0 Å². The van der Waals surface area contributed by atoms with Crippen molar-refractivity contribution in [3.63, 3.8) is 0 Å². The Balaban J connectivity index is 2.03. The van der Waals surface area contributed by atoms with Crippen LogP contribution in [0.15, 0.2) is 18.2 Å². The van der Waals surface area contributed by atoms with Crippen molar-refractivity contribution >= 4 is 11.0 Å². The predicted molar refractivity (Wildman–Crippen MR) is 79.6 cm³/mol. The lowest BCUT2D eigenvalue weighted by atomic mass is 9.99.